The van der Waals surface area contributed by atoms with E-state index in [4.69, 9.17) is 5.73 Å². The van der Waals surface area contributed by atoms with Crippen LogP contribution in [0.25, 0.3) is 0 Å². The summed E-state index contributed by atoms with van der Waals surface area (Å²) in [6.07, 6.45) is 0. The molecule has 7 heavy (non-hydrogen) atoms. The summed E-state index contributed by atoms with van der Waals surface area (Å²) in [6, 6.07) is 0. The van der Waals surface area contributed by atoms with Gasteiger partial charge in [0.15, 0.2) is 3.23 Å². The van der Waals surface area contributed by atoms with Gasteiger partial charge in [-0.2, -0.15) is 0 Å². The van der Waals surface area contributed by atoms with Crippen LogP contribution in [0.1, 0.15) is 6.92 Å². The maximum absolute atomic E-state index is 10.1. The molecular formula is C3H5Br2NO. The molecule has 0 aliphatic carbocycles. The van der Waals surface area contributed by atoms with Crippen molar-refractivity contribution < 1.29 is 4.79 Å². The zero-order valence-corrected chi connectivity index (χ0v) is 6.91. The number of carbonyl (C=O) groups is 1. The summed E-state index contributed by atoms with van der Waals surface area (Å²) in [5.74, 6) is -0.424. The van der Waals surface area contributed by atoms with Crippen molar-refractivity contribution in [2.75, 3.05) is 0 Å². The van der Waals surface area contributed by atoms with E-state index in [1.54, 1.807) is 6.92 Å². The van der Waals surface area contributed by atoms with Gasteiger partial charge in [0.05, 0.1) is 0 Å². The van der Waals surface area contributed by atoms with E-state index in [0.717, 1.165) is 0 Å². The van der Waals surface area contributed by atoms with Gasteiger partial charge in [0.1, 0.15) is 0 Å². The molecule has 2 nitrogen and oxygen atoms in total. The summed E-state index contributed by atoms with van der Waals surface area (Å²) < 4.78 is -0.736. The summed E-state index contributed by atoms with van der Waals surface area (Å²) in [7, 11) is 0. The number of hydrogen-bond donors (Lipinski definition) is 1. The smallest absolute Gasteiger partial charge is 0.244 e. The largest absolute Gasteiger partial charge is 0.368 e. The Hall–Kier alpha value is 0.430. The molecule has 0 saturated heterocycles. The second kappa shape index (κ2) is 2.13. The van der Waals surface area contributed by atoms with Gasteiger partial charge in [0.25, 0.3) is 0 Å². The molecule has 0 atom stereocenters. The van der Waals surface area contributed by atoms with Crippen molar-refractivity contribution >= 4 is 37.8 Å². The van der Waals surface area contributed by atoms with Crippen LogP contribution in [0.15, 0.2) is 0 Å². The summed E-state index contributed by atoms with van der Waals surface area (Å²) in [5.41, 5.74) is 4.84. The number of halogens is 2. The minimum absolute atomic E-state index is 0.424. The molecule has 0 bridgehead atoms. The van der Waals surface area contributed by atoms with Crippen LogP contribution in [0.4, 0.5) is 0 Å². The first kappa shape index (κ1) is 7.43. The second-order valence-corrected chi connectivity index (χ2v) is 5.49. The Bertz CT molecular complexity index is 85.4. The van der Waals surface area contributed by atoms with E-state index < -0.39 is 9.14 Å². The van der Waals surface area contributed by atoms with E-state index in [0.29, 0.717) is 0 Å². The first-order valence-electron chi connectivity index (χ1n) is 1.62. The van der Waals surface area contributed by atoms with Gasteiger partial charge in [0, 0.05) is 0 Å². The molecule has 2 N–H and O–H groups in total. The molecule has 0 saturated carbocycles. The number of hydrogen-bond acceptors (Lipinski definition) is 1. The summed E-state index contributed by atoms with van der Waals surface area (Å²) in [4.78, 5) is 10.1. The van der Waals surface area contributed by atoms with Crippen molar-refractivity contribution in [2.24, 2.45) is 5.73 Å². The highest BCUT2D eigenvalue weighted by atomic mass is 79.9. The lowest BCUT2D eigenvalue weighted by Gasteiger charge is -2.05. The zero-order valence-electron chi connectivity index (χ0n) is 3.74. The van der Waals surface area contributed by atoms with Gasteiger partial charge in [-0.3, -0.25) is 4.79 Å². The number of primary amides is 1. The Kier molecular flexibility index (Phi) is 2.26. The zero-order chi connectivity index (χ0) is 6.08. The van der Waals surface area contributed by atoms with E-state index in [1.165, 1.54) is 0 Å². The maximum atomic E-state index is 10.1. The second-order valence-electron chi connectivity index (χ2n) is 1.25. The number of carbonyl (C=O) groups excluding carboxylic acids is 1. The van der Waals surface area contributed by atoms with Crippen molar-refractivity contribution in [1.29, 1.82) is 0 Å². The fourth-order valence-electron chi connectivity index (χ4n) is 0. The van der Waals surface area contributed by atoms with Crippen LogP contribution in [-0.2, 0) is 4.79 Å². The standard InChI is InChI=1S/C3H5Br2NO/c1-3(4,5)2(6)7/h1H3,(H2,6,7). The van der Waals surface area contributed by atoms with Gasteiger partial charge in [-0.15, -0.1) is 0 Å². The van der Waals surface area contributed by atoms with Gasteiger partial charge in [-0.1, -0.05) is 31.9 Å². The molecule has 42 valence electrons. The van der Waals surface area contributed by atoms with Crippen molar-refractivity contribution in [3.8, 4) is 0 Å². The minimum Gasteiger partial charge on any atom is -0.368 e. The van der Waals surface area contributed by atoms with Crippen LogP contribution >= 0.6 is 31.9 Å². The average Bonchev–Trinajstić information content (AvgIpc) is 1.31. The predicted molar refractivity (Wildman–Crippen MR) is 35.5 cm³/mol. The van der Waals surface area contributed by atoms with Gasteiger partial charge in [-0.05, 0) is 6.92 Å². The number of nitrogens with two attached hydrogens (primary N) is 1. The molecule has 1 amide bonds. The highest BCUT2D eigenvalue weighted by Crippen LogP contribution is 2.23. The molecule has 0 aliphatic heterocycles. The first-order chi connectivity index (χ1) is 2.94. The molecule has 0 heterocycles. The molecule has 0 radical (unpaired) electrons. The Morgan fingerprint density at radius 1 is 1.71 bits per heavy atom. The van der Waals surface area contributed by atoms with Crippen LogP contribution in [0.3, 0.4) is 0 Å². The molecule has 0 unspecified atom stereocenters. The quantitative estimate of drug-likeness (QED) is 0.671. The lowest BCUT2D eigenvalue weighted by Crippen LogP contribution is -2.28. The monoisotopic (exact) mass is 229 g/mol. The van der Waals surface area contributed by atoms with Crippen LogP contribution in [0.2, 0.25) is 0 Å². The van der Waals surface area contributed by atoms with Gasteiger partial charge >= 0.3 is 0 Å². The third-order valence-electron chi connectivity index (χ3n) is 0.433. The van der Waals surface area contributed by atoms with Crippen LogP contribution < -0.4 is 5.73 Å². The van der Waals surface area contributed by atoms with Gasteiger partial charge < -0.3 is 5.73 Å². The highest BCUT2D eigenvalue weighted by Gasteiger charge is 2.21. The Balaban J connectivity index is 3.79. The highest BCUT2D eigenvalue weighted by molar-refractivity contribution is 9.25. The Labute approximate surface area is 58.7 Å². The summed E-state index contributed by atoms with van der Waals surface area (Å²) in [5, 5.41) is 0. The lowest BCUT2D eigenvalue weighted by atomic mass is 10.5. The molecule has 0 spiro atoms. The molecule has 0 rings (SSSR count). The van der Waals surface area contributed by atoms with Gasteiger partial charge in [0.2, 0.25) is 5.91 Å². The van der Waals surface area contributed by atoms with E-state index in [1.807, 2.05) is 0 Å². The van der Waals surface area contributed by atoms with E-state index in [-0.39, 0.29) is 0 Å². The summed E-state index contributed by atoms with van der Waals surface area (Å²) in [6.45, 7) is 1.62. The normalized spacial score (nSPS) is 11.3. The third-order valence-corrected chi connectivity index (χ3v) is 1.21. The van der Waals surface area contributed by atoms with Crippen LogP contribution in [0.5, 0.6) is 0 Å². The molecule has 0 aliphatic rings. The van der Waals surface area contributed by atoms with Crippen molar-refractivity contribution in [2.45, 2.75) is 10.2 Å². The van der Waals surface area contributed by atoms with Crippen LogP contribution in [-0.4, -0.2) is 9.14 Å². The minimum atomic E-state index is -0.736. The maximum Gasteiger partial charge on any atom is 0.244 e. The van der Waals surface area contributed by atoms with Crippen molar-refractivity contribution in [3.05, 3.63) is 0 Å². The molecule has 0 aromatic carbocycles. The predicted octanol–water partition coefficient (Wildman–Crippen LogP) is 0.978. The van der Waals surface area contributed by atoms with E-state index in [9.17, 15) is 4.79 Å². The SMILES string of the molecule is CC(Br)(Br)C(N)=O. The van der Waals surface area contributed by atoms with Crippen molar-refractivity contribution in [3.63, 3.8) is 0 Å². The molecular weight excluding hydrogens is 226 g/mol. The number of amides is 1. The molecule has 0 fully saturated rings. The average molecular weight is 231 g/mol. The van der Waals surface area contributed by atoms with Crippen LogP contribution in [0, 0.1) is 0 Å². The van der Waals surface area contributed by atoms with Gasteiger partial charge in [-0.25, -0.2) is 0 Å². The van der Waals surface area contributed by atoms with E-state index >= 15 is 0 Å². The number of alkyl halides is 2. The number of rotatable bonds is 1. The Morgan fingerprint density at radius 2 is 1.86 bits per heavy atom. The fraction of sp³-hybridized carbons (Fsp3) is 0.667. The third kappa shape index (κ3) is 3.05. The molecule has 4 heteroatoms. The lowest BCUT2D eigenvalue weighted by molar-refractivity contribution is -0.117. The molecule has 0 aromatic rings. The van der Waals surface area contributed by atoms with Crippen molar-refractivity contribution in [1.82, 2.24) is 0 Å². The molecule has 0 aromatic heterocycles. The fourth-order valence-corrected chi connectivity index (χ4v) is 0. The summed E-state index contributed by atoms with van der Waals surface area (Å²) >= 11 is 5.97. The topological polar surface area (TPSA) is 43.1 Å². The Morgan fingerprint density at radius 3 is 1.86 bits per heavy atom. The first-order valence-corrected chi connectivity index (χ1v) is 3.21. The van der Waals surface area contributed by atoms with E-state index in [2.05, 4.69) is 31.9 Å².